The van der Waals surface area contributed by atoms with E-state index >= 15 is 0 Å². The number of aliphatic imine (C=N–C) groups is 2. The molecule has 24 heavy (non-hydrogen) atoms. The van der Waals surface area contributed by atoms with Gasteiger partial charge >= 0.3 is 17.4 Å². The molecule has 0 saturated carbocycles. The third kappa shape index (κ3) is 8.32. The molecule has 2 atom stereocenters. The van der Waals surface area contributed by atoms with Crippen LogP contribution in [0.4, 0.5) is 0 Å². The summed E-state index contributed by atoms with van der Waals surface area (Å²) in [5, 5.41) is 10.0. The maximum atomic E-state index is 10.0. The Morgan fingerprint density at radius 3 is 2.62 bits per heavy atom. The molecule has 4 N–H and O–H groups in total. The van der Waals surface area contributed by atoms with Gasteiger partial charge in [0.25, 0.3) is 0 Å². The minimum absolute atomic E-state index is 0. The number of methoxy groups -OCH3 is 1. The van der Waals surface area contributed by atoms with Crippen molar-refractivity contribution < 1.29 is 9.84 Å². The Hall–Kier alpha value is -1.59. The van der Waals surface area contributed by atoms with Crippen molar-refractivity contribution >= 4 is 29.3 Å². The van der Waals surface area contributed by atoms with E-state index in [2.05, 4.69) is 20.8 Å². The zero-order valence-electron chi connectivity index (χ0n) is 14.2. The fraction of sp³-hybridized carbons (Fsp3) is 0.500. The largest absolute Gasteiger partial charge is 3.00 e. The molecule has 8 heteroatoms. The van der Waals surface area contributed by atoms with Gasteiger partial charge in [-0.3, -0.25) is 0 Å². The predicted molar refractivity (Wildman–Crippen MR) is 96.9 cm³/mol. The first-order valence-electron chi connectivity index (χ1n) is 7.51. The average molecular weight is 345 g/mol. The third-order valence-corrected chi connectivity index (χ3v) is 3.24. The van der Waals surface area contributed by atoms with Crippen molar-refractivity contribution in [3.63, 3.8) is 0 Å². The van der Waals surface area contributed by atoms with E-state index in [1.807, 2.05) is 18.2 Å². The van der Waals surface area contributed by atoms with E-state index in [4.69, 9.17) is 17.2 Å². The van der Waals surface area contributed by atoms with Gasteiger partial charge in [-0.2, -0.15) is 0 Å². The van der Waals surface area contributed by atoms with Crippen LogP contribution in [0.1, 0.15) is 36.9 Å². The second-order valence-corrected chi connectivity index (χ2v) is 5.32. The van der Waals surface area contributed by atoms with E-state index in [0.29, 0.717) is 6.61 Å². The molecule has 1 aromatic carbocycles. The quantitative estimate of drug-likeness (QED) is 0.509. The zero-order valence-corrected chi connectivity index (χ0v) is 15.3. The molecule has 0 saturated heterocycles. The molecule has 1 aliphatic carbocycles. The Bertz CT molecular complexity index is 545. The molecule has 0 spiro atoms. The standard InChI is InChI=1S/C12H15N5.C4H9O2.Al/c13-11(14)17-12(15)16-10-7-3-5-8-4-1-2-6-9(8)10;1-4(5)3-6-2;/h1-2,4,6,10H,3,5,7H2,(H4-2,13,14,15,16,17);4H,3H2,1-2H3;/q-2;-1;+3/t10-;;/m1../s1. The Morgan fingerprint density at radius 1 is 1.42 bits per heavy atom. The summed E-state index contributed by atoms with van der Waals surface area (Å²) in [5.74, 6) is -0.540. The summed E-state index contributed by atoms with van der Waals surface area (Å²) in [6, 6.07) is 8.13. The summed E-state index contributed by atoms with van der Waals surface area (Å²) in [6.07, 6.45) is 2.49. The molecule has 7 nitrogen and oxygen atoms in total. The Kier molecular flexibility index (Phi) is 11.1. The first-order valence-corrected chi connectivity index (χ1v) is 7.51. The monoisotopic (exact) mass is 345 g/mol. The fourth-order valence-electron chi connectivity index (χ4n) is 2.39. The number of hydrogen-bond donors (Lipinski definition) is 1. The maximum Gasteiger partial charge on any atom is 3.00 e. The van der Waals surface area contributed by atoms with Crippen molar-refractivity contribution in [1.29, 1.82) is 0 Å². The second kappa shape index (κ2) is 11.9. The predicted octanol–water partition coefficient (Wildman–Crippen LogP) is 1.84. The topological polar surface area (TPSA) is 131 Å². The van der Waals surface area contributed by atoms with Gasteiger partial charge in [0, 0.05) is 31.7 Å². The van der Waals surface area contributed by atoms with Gasteiger partial charge in [-0.05, 0) is 30.4 Å². The fourth-order valence-corrected chi connectivity index (χ4v) is 2.39. The number of guanidine groups is 2. The van der Waals surface area contributed by atoms with Crippen molar-refractivity contribution in [2.24, 2.45) is 15.7 Å². The molecular weight excluding hydrogens is 321 g/mol. The van der Waals surface area contributed by atoms with Gasteiger partial charge in [0.1, 0.15) is 0 Å². The molecule has 128 valence electrons. The second-order valence-electron chi connectivity index (χ2n) is 5.32. The van der Waals surface area contributed by atoms with Crippen molar-refractivity contribution in [2.45, 2.75) is 38.3 Å². The minimum Gasteiger partial charge on any atom is -0.851 e. The molecule has 0 heterocycles. The van der Waals surface area contributed by atoms with Gasteiger partial charge in [0.15, 0.2) is 0 Å². The molecule has 0 amide bonds. The molecule has 0 aliphatic heterocycles. The van der Waals surface area contributed by atoms with E-state index in [0.717, 1.165) is 19.3 Å². The molecule has 0 bridgehead atoms. The van der Waals surface area contributed by atoms with Gasteiger partial charge in [0.2, 0.25) is 0 Å². The van der Waals surface area contributed by atoms with E-state index in [1.165, 1.54) is 18.2 Å². The third-order valence-electron chi connectivity index (χ3n) is 3.24. The number of rotatable bonds is 3. The summed E-state index contributed by atoms with van der Waals surface area (Å²) in [7, 11) is 1.52. The summed E-state index contributed by atoms with van der Waals surface area (Å²) < 4.78 is 4.49. The minimum atomic E-state index is -0.574. The molecule has 1 unspecified atom stereocenters. The number of aryl methyl sites for hydroxylation is 1. The van der Waals surface area contributed by atoms with Crippen molar-refractivity contribution in [2.75, 3.05) is 13.7 Å². The van der Waals surface area contributed by atoms with Crippen LogP contribution in [0.5, 0.6) is 0 Å². The molecule has 1 aromatic rings. The Morgan fingerprint density at radius 2 is 2.08 bits per heavy atom. The summed E-state index contributed by atoms with van der Waals surface area (Å²) in [5.41, 5.74) is 22.1. The number of nitrogens with one attached hydrogen (secondary N) is 2. The van der Waals surface area contributed by atoms with Crippen LogP contribution in [0, 0.1) is 0 Å². The van der Waals surface area contributed by atoms with Crippen molar-refractivity contribution in [1.82, 2.24) is 0 Å². The van der Waals surface area contributed by atoms with Crippen molar-refractivity contribution in [3.05, 3.63) is 46.9 Å². The van der Waals surface area contributed by atoms with Crippen LogP contribution in [0.15, 0.2) is 34.3 Å². The summed E-state index contributed by atoms with van der Waals surface area (Å²) >= 11 is 0. The van der Waals surface area contributed by atoms with E-state index < -0.39 is 6.10 Å². The number of nitrogens with zero attached hydrogens (tertiary/aromatic N) is 2. The van der Waals surface area contributed by atoms with Gasteiger partial charge in [-0.15, -0.1) is 6.10 Å². The molecule has 0 aromatic heterocycles. The van der Waals surface area contributed by atoms with Crippen LogP contribution < -0.4 is 10.8 Å². The van der Waals surface area contributed by atoms with Crippen LogP contribution in [0.2, 0.25) is 0 Å². The molecule has 0 fully saturated rings. The first kappa shape index (κ1) is 22.4. The molecule has 1 aliphatic rings. The smallest absolute Gasteiger partial charge is 0.851 e. The zero-order chi connectivity index (χ0) is 17.2. The first-order chi connectivity index (χ1) is 10.9. The van der Waals surface area contributed by atoms with Crippen LogP contribution >= 0.6 is 0 Å². The number of fused-ring (bicyclic) bond motifs is 1. The number of ether oxygens (including phenoxy) is 1. The number of nitrogens with two attached hydrogens (primary N) is 1. The SMILES string of the molecule is COCC(C)[O-].[Al+3].[NH-]C(=N[C@@H]1CCCc2ccccc21)/N=C(/[NH-])N. The number of benzene rings is 1. The molecular formula is C16H24AlN5O2. The normalized spacial score (nSPS) is 18.5. The Labute approximate surface area is 154 Å². The van der Waals surface area contributed by atoms with E-state index in [9.17, 15) is 5.11 Å². The van der Waals surface area contributed by atoms with Crippen molar-refractivity contribution in [3.8, 4) is 0 Å². The van der Waals surface area contributed by atoms with Gasteiger partial charge in [-0.1, -0.05) is 31.2 Å². The van der Waals surface area contributed by atoms with Crippen LogP contribution in [0.25, 0.3) is 11.5 Å². The Balaban J connectivity index is 0.000000655. The summed E-state index contributed by atoms with van der Waals surface area (Å²) in [4.78, 5) is 7.74. The van der Waals surface area contributed by atoms with Gasteiger partial charge in [-0.25, -0.2) is 0 Å². The van der Waals surface area contributed by atoms with Gasteiger partial charge < -0.3 is 37.0 Å². The van der Waals surface area contributed by atoms with E-state index in [-0.39, 0.29) is 35.3 Å². The maximum absolute atomic E-state index is 10.0. The molecule has 2 rings (SSSR count). The van der Waals surface area contributed by atoms with Crippen LogP contribution in [-0.4, -0.2) is 49.1 Å². The summed E-state index contributed by atoms with van der Waals surface area (Å²) in [6.45, 7) is 1.89. The average Bonchev–Trinajstić information content (AvgIpc) is 2.47. The molecule has 0 radical (unpaired) electrons. The van der Waals surface area contributed by atoms with Crippen LogP contribution in [-0.2, 0) is 11.2 Å². The number of hydrogen-bond acceptors (Lipinski definition) is 3. The van der Waals surface area contributed by atoms with Crippen LogP contribution in [0.3, 0.4) is 0 Å². The van der Waals surface area contributed by atoms with Gasteiger partial charge in [0.05, 0.1) is 0 Å². The van der Waals surface area contributed by atoms with E-state index in [1.54, 1.807) is 6.92 Å².